The largest absolute Gasteiger partial charge is 0.281 e. The van der Waals surface area contributed by atoms with Gasteiger partial charge in [0.25, 0.3) is 10.0 Å². The van der Waals surface area contributed by atoms with Crippen LogP contribution in [0.2, 0.25) is 5.15 Å². The molecule has 1 N–H and O–H groups in total. The van der Waals surface area contributed by atoms with Gasteiger partial charge in [-0.25, -0.2) is 9.37 Å². The summed E-state index contributed by atoms with van der Waals surface area (Å²) in [6.45, 7) is 0. The third-order valence-corrected chi connectivity index (χ3v) is 5.07. The summed E-state index contributed by atoms with van der Waals surface area (Å²) >= 11 is 7.11. The van der Waals surface area contributed by atoms with Crippen LogP contribution in [-0.4, -0.2) is 17.8 Å². The van der Waals surface area contributed by atoms with Crippen LogP contribution < -0.4 is 4.72 Å². The van der Waals surface area contributed by atoms with E-state index in [1.807, 2.05) is 0 Å². The molecule has 20 heavy (non-hydrogen) atoms. The van der Waals surface area contributed by atoms with E-state index in [2.05, 4.69) is 9.71 Å². The van der Waals surface area contributed by atoms with Gasteiger partial charge in [0.1, 0.15) is 5.82 Å². The fraction of sp³-hybridized carbons (Fsp3) is 0. The number of nitrogens with zero attached hydrogens (tertiary/aromatic N) is 2. The normalized spacial score (nSPS) is 11.9. The number of hydrogen-bond acceptors (Lipinski definition) is 4. The van der Waals surface area contributed by atoms with E-state index in [0.717, 1.165) is 6.07 Å². The molecule has 1 aromatic carbocycles. The van der Waals surface area contributed by atoms with Crippen molar-refractivity contribution in [1.82, 2.24) is 9.38 Å². The minimum atomic E-state index is -4.03. The summed E-state index contributed by atoms with van der Waals surface area (Å²) in [6.07, 6.45) is 1.54. The summed E-state index contributed by atoms with van der Waals surface area (Å²) in [5, 5.41) is 1.32. The van der Waals surface area contributed by atoms with E-state index in [1.165, 1.54) is 40.1 Å². The number of nitrogens with one attached hydrogen (secondary N) is 1. The summed E-state index contributed by atoms with van der Waals surface area (Å²) < 4.78 is 41.7. The number of sulfonamides is 1. The number of hydrogen-bond donors (Lipinski definition) is 1. The van der Waals surface area contributed by atoms with Gasteiger partial charge in [0.2, 0.25) is 0 Å². The zero-order chi connectivity index (χ0) is 14.3. The molecule has 5 nitrogen and oxygen atoms in total. The minimum Gasteiger partial charge on any atom is -0.278 e. The van der Waals surface area contributed by atoms with Gasteiger partial charge in [-0.15, -0.1) is 11.3 Å². The fourth-order valence-corrected chi connectivity index (χ4v) is 4.24. The van der Waals surface area contributed by atoms with Crippen molar-refractivity contribution in [3.8, 4) is 0 Å². The van der Waals surface area contributed by atoms with Crippen molar-refractivity contribution >= 4 is 43.6 Å². The van der Waals surface area contributed by atoms with Gasteiger partial charge in [-0.2, -0.15) is 8.42 Å². The van der Waals surface area contributed by atoms with Gasteiger partial charge in [0.15, 0.2) is 15.1 Å². The number of thiazole rings is 1. The number of imidazole rings is 1. The number of para-hydroxylation sites is 1. The summed E-state index contributed by atoms with van der Waals surface area (Å²) in [5.74, 6) is -0.668. The molecule has 0 radical (unpaired) electrons. The van der Waals surface area contributed by atoms with Crippen molar-refractivity contribution in [2.24, 2.45) is 0 Å². The second-order valence-corrected chi connectivity index (χ2v) is 6.68. The molecular formula is C11H7ClFN3O2S2. The predicted molar refractivity (Wildman–Crippen MR) is 75.3 cm³/mol. The first-order chi connectivity index (χ1) is 9.49. The predicted octanol–water partition coefficient (Wildman–Crippen LogP) is 2.99. The van der Waals surface area contributed by atoms with E-state index < -0.39 is 15.8 Å². The van der Waals surface area contributed by atoms with E-state index in [1.54, 1.807) is 5.38 Å². The van der Waals surface area contributed by atoms with Gasteiger partial charge in [0.05, 0.1) is 5.69 Å². The number of aromatic nitrogens is 2. The van der Waals surface area contributed by atoms with E-state index in [4.69, 9.17) is 11.6 Å². The van der Waals surface area contributed by atoms with Gasteiger partial charge in [-0.05, 0) is 12.1 Å². The van der Waals surface area contributed by atoms with Crippen LogP contribution in [0.3, 0.4) is 0 Å². The number of benzene rings is 1. The summed E-state index contributed by atoms with van der Waals surface area (Å²) in [4.78, 5) is 4.39. The minimum absolute atomic E-state index is 0.145. The second-order valence-electron chi connectivity index (χ2n) is 3.85. The molecule has 0 aliphatic heterocycles. The summed E-state index contributed by atoms with van der Waals surface area (Å²) in [6, 6.07) is 5.48. The highest BCUT2D eigenvalue weighted by molar-refractivity contribution is 7.92. The van der Waals surface area contributed by atoms with Crippen molar-refractivity contribution in [3.05, 3.63) is 46.8 Å². The van der Waals surface area contributed by atoms with Crippen molar-refractivity contribution in [2.45, 2.75) is 5.03 Å². The lowest BCUT2D eigenvalue weighted by Crippen LogP contribution is -2.16. The van der Waals surface area contributed by atoms with Gasteiger partial charge in [0, 0.05) is 11.6 Å². The Balaban J connectivity index is 2.11. The maximum absolute atomic E-state index is 13.5. The molecule has 0 spiro atoms. The third-order valence-electron chi connectivity index (χ3n) is 2.55. The number of anilines is 1. The maximum atomic E-state index is 13.5. The van der Waals surface area contributed by atoms with Crippen molar-refractivity contribution in [2.75, 3.05) is 4.72 Å². The highest BCUT2D eigenvalue weighted by atomic mass is 35.5. The average Bonchev–Trinajstić information content (AvgIpc) is 2.91. The highest BCUT2D eigenvalue weighted by Gasteiger charge is 2.25. The van der Waals surface area contributed by atoms with Crippen LogP contribution in [0.15, 0.2) is 40.9 Å². The van der Waals surface area contributed by atoms with Gasteiger partial charge >= 0.3 is 0 Å². The second kappa shape index (κ2) is 4.72. The SMILES string of the molecule is O=S(=O)(Nc1ccccc1F)c1c(Cl)nc2sccn12. The quantitative estimate of drug-likeness (QED) is 0.802. The molecule has 0 atom stereocenters. The van der Waals surface area contributed by atoms with E-state index in [-0.39, 0.29) is 15.9 Å². The Bertz CT molecular complexity index is 888. The van der Waals surface area contributed by atoms with Crippen LogP contribution in [-0.2, 0) is 10.0 Å². The van der Waals surface area contributed by atoms with Crippen LogP contribution in [0.4, 0.5) is 10.1 Å². The van der Waals surface area contributed by atoms with Crippen molar-refractivity contribution in [3.63, 3.8) is 0 Å². The highest BCUT2D eigenvalue weighted by Crippen LogP contribution is 2.27. The van der Waals surface area contributed by atoms with Crippen LogP contribution in [0.1, 0.15) is 0 Å². The Morgan fingerprint density at radius 3 is 2.85 bits per heavy atom. The molecule has 0 bridgehead atoms. The molecule has 0 fully saturated rings. The standard InChI is InChI=1S/C11H7ClFN3O2S2/c12-9-10(16-5-6-19-11(16)14-9)20(17,18)15-8-4-2-1-3-7(8)13/h1-6,15H. The fourth-order valence-electron chi connectivity index (χ4n) is 1.72. The summed E-state index contributed by atoms with van der Waals surface area (Å²) in [5.41, 5.74) is -0.145. The first-order valence-corrected chi connectivity index (χ1v) is 8.11. The third kappa shape index (κ3) is 2.15. The Hall–Kier alpha value is -1.64. The molecule has 0 saturated carbocycles. The Morgan fingerprint density at radius 2 is 2.10 bits per heavy atom. The lowest BCUT2D eigenvalue weighted by atomic mass is 10.3. The smallest absolute Gasteiger partial charge is 0.278 e. The Kier molecular flexibility index (Phi) is 3.15. The zero-order valence-corrected chi connectivity index (χ0v) is 12.1. The topological polar surface area (TPSA) is 63.5 Å². The first-order valence-electron chi connectivity index (χ1n) is 5.37. The maximum Gasteiger partial charge on any atom is 0.281 e. The number of fused-ring (bicyclic) bond motifs is 1. The van der Waals surface area contributed by atoms with E-state index in [9.17, 15) is 12.8 Å². The van der Waals surface area contributed by atoms with Crippen LogP contribution in [0.25, 0.3) is 4.96 Å². The lowest BCUT2D eigenvalue weighted by molar-refractivity contribution is 0.594. The lowest BCUT2D eigenvalue weighted by Gasteiger charge is -2.08. The van der Waals surface area contributed by atoms with Crippen LogP contribution in [0.5, 0.6) is 0 Å². The molecule has 0 saturated heterocycles. The summed E-state index contributed by atoms with van der Waals surface area (Å²) in [7, 11) is -4.03. The van der Waals surface area contributed by atoms with Crippen LogP contribution >= 0.6 is 22.9 Å². The van der Waals surface area contributed by atoms with Gasteiger partial charge < -0.3 is 0 Å². The Morgan fingerprint density at radius 1 is 1.35 bits per heavy atom. The molecule has 0 unspecified atom stereocenters. The molecule has 3 rings (SSSR count). The molecule has 0 amide bonds. The molecule has 104 valence electrons. The monoisotopic (exact) mass is 331 g/mol. The van der Waals surface area contributed by atoms with E-state index >= 15 is 0 Å². The molecule has 0 aliphatic carbocycles. The van der Waals surface area contributed by atoms with Crippen molar-refractivity contribution < 1.29 is 12.8 Å². The average molecular weight is 332 g/mol. The molecule has 9 heteroatoms. The molecule has 2 aromatic heterocycles. The number of rotatable bonds is 3. The number of halogens is 2. The van der Waals surface area contributed by atoms with Gasteiger partial charge in [-0.3, -0.25) is 9.12 Å². The van der Waals surface area contributed by atoms with E-state index in [0.29, 0.717) is 4.96 Å². The Labute approximate surface area is 122 Å². The molecule has 3 aromatic rings. The van der Waals surface area contributed by atoms with Crippen molar-refractivity contribution in [1.29, 1.82) is 0 Å². The zero-order valence-electron chi connectivity index (χ0n) is 9.75. The molecule has 0 aliphatic rings. The van der Waals surface area contributed by atoms with Crippen LogP contribution in [0, 0.1) is 5.82 Å². The first kappa shape index (κ1) is 13.3. The van der Waals surface area contributed by atoms with Gasteiger partial charge in [-0.1, -0.05) is 23.7 Å². The molecular weight excluding hydrogens is 325 g/mol. The molecule has 2 heterocycles.